The minimum Gasteiger partial charge on any atom is -0.142 e. The van der Waals surface area contributed by atoms with Crippen LogP contribution in [0.15, 0.2) is 35.7 Å². The van der Waals surface area contributed by atoms with Crippen LogP contribution in [-0.2, 0) is 6.42 Å². The van der Waals surface area contributed by atoms with Crippen LogP contribution >= 0.6 is 12.6 Å². The van der Waals surface area contributed by atoms with E-state index in [1.165, 1.54) is 5.56 Å². The average molecular weight is 149 g/mol. The van der Waals surface area contributed by atoms with E-state index < -0.39 is 0 Å². The number of hydrogen-bond acceptors (Lipinski definition) is 1. The molecular formula is C9H9S. The average Bonchev–Trinajstić information content (AvgIpc) is 1.94. The van der Waals surface area contributed by atoms with Crippen LogP contribution in [0, 0.1) is 6.07 Å². The van der Waals surface area contributed by atoms with Crippen LogP contribution in [0.25, 0.3) is 0 Å². The monoisotopic (exact) mass is 149 g/mol. The highest BCUT2D eigenvalue weighted by molar-refractivity contribution is 7.80. The maximum atomic E-state index is 4.23. The Balaban J connectivity index is 2.91. The molecule has 0 saturated carbocycles. The molecule has 1 aromatic rings. The molecule has 1 radical (unpaired) electrons. The van der Waals surface area contributed by atoms with Crippen molar-refractivity contribution in [3.63, 3.8) is 0 Å². The first kappa shape index (κ1) is 7.42. The molecule has 1 aromatic carbocycles. The second kappa shape index (κ2) is 3.47. The normalized spacial score (nSPS) is 9.30. The van der Waals surface area contributed by atoms with E-state index in [0.717, 1.165) is 11.3 Å². The summed E-state index contributed by atoms with van der Waals surface area (Å²) in [6, 6.07) is 8.84. The van der Waals surface area contributed by atoms with E-state index in [-0.39, 0.29) is 0 Å². The molecular weight excluding hydrogens is 140 g/mol. The van der Waals surface area contributed by atoms with E-state index in [4.69, 9.17) is 0 Å². The highest BCUT2D eigenvalue weighted by Crippen LogP contribution is 2.12. The lowest BCUT2D eigenvalue weighted by Crippen LogP contribution is -1.81. The molecule has 0 fully saturated rings. The van der Waals surface area contributed by atoms with Crippen LogP contribution in [0.1, 0.15) is 5.56 Å². The maximum Gasteiger partial charge on any atom is 0.0154 e. The number of hydrogen-bond donors (Lipinski definition) is 1. The molecule has 0 unspecified atom stereocenters. The van der Waals surface area contributed by atoms with Crippen molar-refractivity contribution in [3.05, 3.63) is 42.5 Å². The molecule has 0 amide bonds. The van der Waals surface area contributed by atoms with Crippen molar-refractivity contribution in [1.29, 1.82) is 0 Å². The second-order valence-electron chi connectivity index (χ2n) is 2.04. The Kier molecular flexibility index (Phi) is 2.57. The van der Waals surface area contributed by atoms with Crippen molar-refractivity contribution in [3.8, 4) is 0 Å². The van der Waals surface area contributed by atoms with Crippen LogP contribution in [0.4, 0.5) is 0 Å². The summed E-state index contributed by atoms with van der Waals surface area (Å²) < 4.78 is 0. The van der Waals surface area contributed by atoms with Crippen LogP contribution in [0.2, 0.25) is 0 Å². The van der Waals surface area contributed by atoms with Crippen molar-refractivity contribution in [2.75, 3.05) is 0 Å². The smallest absolute Gasteiger partial charge is 0.0154 e. The molecule has 0 saturated heterocycles. The molecule has 1 rings (SSSR count). The maximum absolute atomic E-state index is 4.23. The third-order valence-corrected chi connectivity index (χ3v) is 1.70. The van der Waals surface area contributed by atoms with Gasteiger partial charge in [0.05, 0.1) is 0 Å². The largest absolute Gasteiger partial charge is 0.142 e. The zero-order valence-corrected chi connectivity index (χ0v) is 6.57. The van der Waals surface area contributed by atoms with Crippen LogP contribution in [-0.4, -0.2) is 0 Å². The Morgan fingerprint density at radius 3 is 3.10 bits per heavy atom. The lowest BCUT2D eigenvalue weighted by Gasteiger charge is -1.97. The number of rotatable bonds is 2. The van der Waals surface area contributed by atoms with Crippen LogP contribution in [0.3, 0.4) is 0 Å². The zero-order chi connectivity index (χ0) is 7.40. The summed E-state index contributed by atoms with van der Waals surface area (Å²) in [4.78, 5) is 0.919. The van der Waals surface area contributed by atoms with Crippen molar-refractivity contribution >= 4 is 12.6 Å². The Bertz CT molecular complexity index is 228. The zero-order valence-electron chi connectivity index (χ0n) is 5.67. The summed E-state index contributed by atoms with van der Waals surface area (Å²) in [6.45, 7) is 3.65. The van der Waals surface area contributed by atoms with E-state index in [1.54, 1.807) is 0 Å². The second-order valence-corrected chi connectivity index (χ2v) is 2.48. The SMILES string of the molecule is C=CCc1ccc[c]c1S. The lowest BCUT2D eigenvalue weighted by molar-refractivity contribution is 1.18. The van der Waals surface area contributed by atoms with Gasteiger partial charge in [-0.2, -0.15) is 0 Å². The first-order valence-electron chi connectivity index (χ1n) is 3.14. The Morgan fingerprint density at radius 2 is 2.50 bits per heavy atom. The van der Waals surface area contributed by atoms with Gasteiger partial charge in [0.1, 0.15) is 0 Å². The summed E-state index contributed by atoms with van der Waals surface area (Å²) in [7, 11) is 0. The number of benzene rings is 1. The number of allylic oxidation sites excluding steroid dienone is 1. The fourth-order valence-corrected chi connectivity index (χ4v) is 1.02. The summed E-state index contributed by atoms with van der Waals surface area (Å²) in [5.41, 5.74) is 1.18. The molecule has 0 aliphatic carbocycles. The van der Waals surface area contributed by atoms with Gasteiger partial charge in [-0.15, -0.1) is 19.2 Å². The van der Waals surface area contributed by atoms with E-state index in [9.17, 15) is 0 Å². The minimum atomic E-state index is 0.871. The van der Waals surface area contributed by atoms with Crippen LogP contribution < -0.4 is 0 Å². The van der Waals surface area contributed by atoms with Gasteiger partial charge in [0.25, 0.3) is 0 Å². The number of thiol groups is 1. The quantitative estimate of drug-likeness (QED) is 0.485. The predicted molar refractivity (Wildman–Crippen MR) is 46.4 cm³/mol. The van der Waals surface area contributed by atoms with Gasteiger partial charge in [0, 0.05) is 4.90 Å². The Labute approximate surface area is 67.0 Å². The van der Waals surface area contributed by atoms with Gasteiger partial charge in [-0.25, -0.2) is 0 Å². The first-order valence-corrected chi connectivity index (χ1v) is 3.58. The summed E-state index contributed by atoms with van der Waals surface area (Å²) >= 11 is 4.23. The fourth-order valence-electron chi connectivity index (χ4n) is 0.783. The van der Waals surface area contributed by atoms with Gasteiger partial charge < -0.3 is 0 Å². The first-order chi connectivity index (χ1) is 4.84. The minimum absolute atomic E-state index is 0.871. The molecule has 0 bridgehead atoms. The van der Waals surface area contributed by atoms with Gasteiger partial charge in [0.15, 0.2) is 0 Å². The highest BCUT2D eigenvalue weighted by atomic mass is 32.1. The summed E-state index contributed by atoms with van der Waals surface area (Å²) in [5.74, 6) is 0. The summed E-state index contributed by atoms with van der Waals surface area (Å²) in [6.07, 6.45) is 2.74. The van der Waals surface area contributed by atoms with Gasteiger partial charge in [-0.3, -0.25) is 0 Å². The van der Waals surface area contributed by atoms with Gasteiger partial charge in [-0.05, 0) is 18.1 Å². The molecule has 0 nitrogen and oxygen atoms in total. The molecule has 51 valence electrons. The standard InChI is InChI=1S/C9H9S/c1-2-5-8-6-3-4-7-9(8)10/h2-4,6,10H,1,5H2. The third kappa shape index (κ3) is 1.64. The third-order valence-electron chi connectivity index (χ3n) is 1.28. The lowest BCUT2D eigenvalue weighted by atomic mass is 10.1. The van der Waals surface area contributed by atoms with E-state index in [1.807, 2.05) is 24.3 Å². The summed E-state index contributed by atoms with van der Waals surface area (Å²) in [5, 5.41) is 0. The Hall–Kier alpha value is -0.690. The molecule has 0 aliphatic rings. The van der Waals surface area contributed by atoms with E-state index in [0.29, 0.717) is 0 Å². The molecule has 10 heavy (non-hydrogen) atoms. The highest BCUT2D eigenvalue weighted by Gasteiger charge is 1.92. The van der Waals surface area contributed by atoms with Gasteiger partial charge in [0.2, 0.25) is 0 Å². The molecule has 0 aromatic heterocycles. The van der Waals surface area contributed by atoms with Gasteiger partial charge in [-0.1, -0.05) is 24.3 Å². The molecule has 0 heterocycles. The van der Waals surface area contributed by atoms with Crippen LogP contribution in [0.5, 0.6) is 0 Å². The molecule has 0 aliphatic heterocycles. The topological polar surface area (TPSA) is 0 Å². The van der Waals surface area contributed by atoms with Crippen molar-refractivity contribution in [2.45, 2.75) is 11.3 Å². The van der Waals surface area contributed by atoms with Crippen molar-refractivity contribution < 1.29 is 0 Å². The molecule has 0 spiro atoms. The fraction of sp³-hybridized carbons (Fsp3) is 0.111. The molecule has 1 heteroatoms. The van der Waals surface area contributed by atoms with Crippen molar-refractivity contribution in [2.24, 2.45) is 0 Å². The van der Waals surface area contributed by atoms with E-state index in [2.05, 4.69) is 25.3 Å². The van der Waals surface area contributed by atoms with Crippen molar-refractivity contribution in [1.82, 2.24) is 0 Å². The van der Waals surface area contributed by atoms with Gasteiger partial charge >= 0.3 is 0 Å². The predicted octanol–water partition coefficient (Wildman–Crippen LogP) is 2.50. The Morgan fingerprint density at radius 1 is 1.70 bits per heavy atom. The molecule has 0 atom stereocenters. The van der Waals surface area contributed by atoms with E-state index >= 15 is 0 Å². The molecule has 0 N–H and O–H groups in total.